The van der Waals surface area contributed by atoms with E-state index in [1.807, 2.05) is 13.0 Å². The van der Waals surface area contributed by atoms with Gasteiger partial charge in [-0.15, -0.1) is 0 Å². The van der Waals surface area contributed by atoms with Gasteiger partial charge in [0.25, 0.3) is 11.7 Å². The van der Waals surface area contributed by atoms with Crippen molar-refractivity contribution in [1.82, 2.24) is 9.80 Å². The lowest BCUT2D eigenvalue weighted by molar-refractivity contribution is -0.140. The van der Waals surface area contributed by atoms with E-state index in [0.29, 0.717) is 67.8 Å². The third-order valence-corrected chi connectivity index (χ3v) is 7.38. The first kappa shape index (κ1) is 30.4. The van der Waals surface area contributed by atoms with Gasteiger partial charge in [0.15, 0.2) is 11.5 Å². The molecule has 0 bridgehead atoms. The Morgan fingerprint density at radius 1 is 0.927 bits per heavy atom. The average molecular weight is 567 g/mol. The molecule has 9 nitrogen and oxygen atoms in total. The summed E-state index contributed by atoms with van der Waals surface area (Å²) in [6.07, 6.45) is 3.48. The van der Waals surface area contributed by atoms with Gasteiger partial charge >= 0.3 is 0 Å². The van der Waals surface area contributed by atoms with Crippen LogP contribution in [0.1, 0.15) is 56.7 Å². The van der Waals surface area contributed by atoms with Crippen molar-refractivity contribution in [2.45, 2.75) is 45.6 Å². The van der Waals surface area contributed by atoms with Crippen molar-refractivity contribution in [2.24, 2.45) is 0 Å². The fourth-order valence-corrected chi connectivity index (χ4v) is 5.13. The highest BCUT2D eigenvalue weighted by molar-refractivity contribution is 6.46. The molecule has 0 aliphatic carbocycles. The zero-order chi connectivity index (χ0) is 29.2. The van der Waals surface area contributed by atoms with Crippen LogP contribution in [0.4, 0.5) is 0 Å². The molecule has 0 radical (unpaired) electrons. The Morgan fingerprint density at radius 2 is 1.68 bits per heavy atom. The van der Waals surface area contributed by atoms with E-state index in [2.05, 4.69) is 11.8 Å². The Bertz CT molecular complexity index is 1210. The zero-order valence-electron chi connectivity index (χ0n) is 24.4. The van der Waals surface area contributed by atoms with E-state index in [4.69, 9.17) is 18.9 Å². The van der Waals surface area contributed by atoms with Gasteiger partial charge in [-0.3, -0.25) is 14.5 Å². The molecule has 0 spiro atoms. The molecule has 222 valence electrons. The second kappa shape index (κ2) is 14.9. The highest BCUT2D eigenvalue weighted by atomic mass is 16.5. The number of Topliss-reactive ketones (excluding diaryl/α,β-unsaturated/α-hetero) is 1. The molecule has 2 fully saturated rings. The summed E-state index contributed by atoms with van der Waals surface area (Å²) in [6, 6.07) is 11.6. The number of benzene rings is 2. The number of carbonyl (C=O) groups is 2. The zero-order valence-corrected chi connectivity index (χ0v) is 24.4. The molecule has 2 aromatic rings. The van der Waals surface area contributed by atoms with E-state index >= 15 is 0 Å². The normalized spacial score (nSPS) is 19.0. The molecular weight excluding hydrogens is 524 g/mol. The largest absolute Gasteiger partial charge is 0.507 e. The number of unbranched alkanes of at least 4 members (excludes halogenated alkanes) is 1. The van der Waals surface area contributed by atoms with Gasteiger partial charge < -0.3 is 29.0 Å². The van der Waals surface area contributed by atoms with Crippen LogP contribution in [-0.2, 0) is 14.3 Å². The molecule has 1 unspecified atom stereocenters. The summed E-state index contributed by atoms with van der Waals surface area (Å²) < 4.78 is 22.6. The van der Waals surface area contributed by atoms with Crippen molar-refractivity contribution in [3.05, 3.63) is 59.2 Å². The number of rotatable bonds is 14. The number of morpholine rings is 1. The maximum absolute atomic E-state index is 13.5. The van der Waals surface area contributed by atoms with Crippen LogP contribution in [-0.4, -0.2) is 86.3 Å². The Kier molecular flexibility index (Phi) is 11.0. The topological polar surface area (TPSA) is 97.8 Å². The van der Waals surface area contributed by atoms with Crippen LogP contribution < -0.4 is 14.2 Å². The van der Waals surface area contributed by atoms with Crippen molar-refractivity contribution < 1.29 is 33.6 Å². The summed E-state index contributed by atoms with van der Waals surface area (Å²) in [5, 5.41) is 11.4. The lowest BCUT2D eigenvalue weighted by Crippen LogP contribution is -2.39. The van der Waals surface area contributed by atoms with E-state index in [9.17, 15) is 14.7 Å². The van der Waals surface area contributed by atoms with Crippen LogP contribution in [0.25, 0.3) is 5.76 Å². The molecular formula is C32H42N2O7. The molecule has 4 rings (SSSR count). The Morgan fingerprint density at radius 3 is 2.37 bits per heavy atom. The summed E-state index contributed by atoms with van der Waals surface area (Å²) in [5.74, 6) is 0.239. The van der Waals surface area contributed by atoms with Gasteiger partial charge in [0.05, 0.1) is 45.2 Å². The van der Waals surface area contributed by atoms with Crippen molar-refractivity contribution in [1.29, 1.82) is 0 Å². The minimum absolute atomic E-state index is 0.0605. The van der Waals surface area contributed by atoms with Crippen LogP contribution in [0.5, 0.6) is 17.2 Å². The maximum atomic E-state index is 13.5. The van der Waals surface area contributed by atoms with Crippen LogP contribution in [0.2, 0.25) is 0 Å². The van der Waals surface area contributed by atoms with Crippen molar-refractivity contribution >= 4 is 17.4 Å². The molecule has 41 heavy (non-hydrogen) atoms. The SMILES string of the molecule is CCCCOc1ccc(C2C(=C(O)c3ccc(OCCC)cc3)C(=O)C(=O)N2CCCN2CCOCC2)cc1OC. The lowest BCUT2D eigenvalue weighted by atomic mass is 9.95. The van der Waals surface area contributed by atoms with E-state index in [1.54, 1.807) is 48.4 Å². The van der Waals surface area contributed by atoms with Gasteiger partial charge in [-0.25, -0.2) is 0 Å². The van der Waals surface area contributed by atoms with Gasteiger partial charge in [0.2, 0.25) is 0 Å². The summed E-state index contributed by atoms with van der Waals surface area (Å²) in [5.41, 5.74) is 1.17. The first-order chi connectivity index (χ1) is 20.0. The van der Waals surface area contributed by atoms with Gasteiger partial charge in [-0.05, 0) is 61.2 Å². The molecule has 2 aliphatic rings. The Balaban J connectivity index is 1.68. The standard InChI is InChI=1S/C32H42N2O7/c1-4-6-19-41-26-13-10-24(22-27(26)38-3)29-28(30(35)23-8-11-25(12-9-23)40-18-5-2)31(36)32(37)34(29)15-7-14-33-16-20-39-21-17-33/h8-13,22,29,35H,4-7,14-21H2,1-3H3. The molecule has 9 heteroatoms. The smallest absolute Gasteiger partial charge is 0.295 e. The van der Waals surface area contributed by atoms with Crippen LogP contribution in [0.15, 0.2) is 48.0 Å². The second-order valence-electron chi connectivity index (χ2n) is 10.3. The van der Waals surface area contributed by atoms with Crippen LogP contribution in [0.3, 0.4) is 0 Å². The average Bonchev–Trinajstić information content (AvgIpc) is 3.25. The Hall–Kier alpha value is -3.56. The summed E-state index contributed by atoms with van der Waals surface area (Å²) in [7, 11) is 1.56. The minimum Gasteiger partial charge on any atom is -0.507 e. The summed E-state index contributed by atoms with van der Waals surface area (Å²) >= 11 is 0. The van der Waals surface area contributed by atoms with E-state index in [-0.39, 0.29) is 11.3 Å². The molecule has 1 N–H and O–H groups in total. The van der Waals surface area contributed by atoms with E-state index < -0.39 is 17.7 Å². The molecule has 1 amide bonds. The quantitative estimate of drug-likeness (QED) is 0.151. The van der Waals surface area contributed by atoms with Crippen molar-refractivity contribution in [2.75, 3.05) is 59.7 Å². The number of likely N-dealkylation sites (tertiary alicyclic amines) is 1. The third-order valence-electron chi connectivity index (χ3n) is 7.38. The van der Waals surface area contributed by atoms with Crippen molar-refractivity contribution in [3.8, 4) is 17.2 Å². The molecule has 0 aromatic heterocycles. The molecule has 1 atom stereocenters. The third kappa shape index (κ3) is 7.40. The Labute approximate surface area is 242 Å². The second-order valence-corrected chi connectivity index (χ2v) is 10.3. The number of hydrogen-bond donors (Lipinski definition) is 1. The monoisotopic (exact) mass is 566 g/mol. The van der Waals surface area contributed by atoms with Crippen LogP contribution in [0, 0.1) is 0 Å². The molecule has 2 saturated heterocycles. The van der Waals surface area contributed by atoms with Crippen LogP contribution >= 0.6 is 0 Å². The molecule has 0 saturated carbocycles. The number of ketones is 1. The maximum Gasteiger partial charge on any atom is 0.295 e. The number of carbonyl (C=O) groups excluding carboxylic acids is 2. The fourth-order valence-electron chi connectivity index (χ4n) is 5.13. The van der Waals surface area contributed by atoms with E-state index in [1.165, 1.54) is 0 Å². The number of amides is 1. The molecule has 2 heterocycles. The predicted molar refractivity (Wildman–Crippen MR) is 157 cm³/mol. The number of nitrogens with zero attached hydrogens (tertiary/aromatic N) is 2. The summed E-state index contributed by atoms with van der Waals surface area (Å²) in [6.45, 7) is 9.49. The van der Waals surface area contributed by atoms with Gasteiger partial charge in [-0.1, -0.05) is 26.3 Å². The highest BCUT2D eigenvalue weighted by Gasteiger charge is 2.46. The highest BCUT2D eigenvalue weighted by Crippen LogP contribution is 2.42. The first-order valence-corrected chi connectivity index (χ1v) is 14.6. The number of aliphatic hydroxyl groups excluding tert-OH is 1. The lowest BCUT2D eigenvalue weighted by Gasteiger charge is -2.29. The fraction of sp³-hybridized carbons (Fsp3) is 0.500. The van der Waals surface area contributed by atoms with Gasteiger partial charge in [0, 0.05) is 31.7 Å². The number of methoxy groups -OCH3 is 1. The first-order valence-electron chi connectivity index (χ1n) is 14.6. The van der Waals surface area contributed by atoms with Gasteiger partial charge in [0.1, 0.15) is 11.5 Å². The molecule has 2 aromatic carbocycles. The molecule has 2 aliphatic heterocycles. The minimum atomic E-state index is -0.769. The predicted octanol–water partition coefficient (Wildman–Crippen LogP) is 4.81. The number of aliphatic hydroxyl groups is 1. The number of ether oxygens (including phenoxy) is 4. The number of hydrogen-bond acceptors (Lipinski definition) is 8. The van der Waals surface area contributed by atoms with Gasteiger partial charge in [-0.2, -0.15) is 0 Å². The van der Waals surface area contributed by atoms with Crippen molar-refractivity contribution in [3.63, 3.8) is 0 Å². The summed E-state index contributed by atoms with van der Waals surface area (Å²) in [4.78, 5) is 30.7. The van der Waals surface area contributed by atoms with E-state index in [0.717, 1.165) is 38.9 Å².